The highest BCUT2D eigenvalue weighted by molar-refractivity contribution is 7.09. The molecule has 0 radical (unpaired) electrons. The molecule has 0 fully saturated rings. The number of hydrogen-bond donors (Lipinski definition) is 1. The predicted octanol–water partition coefficient (Wildman–Crippen LogP) is 2.87. The summed E-state index contributed by atoms with van der Waals surface area (Å²) in [6, 6.07) is 6.16. The molecule has 0 bridgehead atoms. The number of halogens is 1. The minimum atomic E-state index is -0.607. The highest BCUT2D eigenvalue weighted by atomic mass is 32.1. The fourth-order valence-electron chi connectivity index (χ4n) is 1.46. The van der Waals surface area contributed by atoms with Gasteiger partial charge in [-0.3, -0.25) is 0 Å². The molecule has 0 saturated heterocycles. The van der Waals surface area contributed by atoms with Gasteiger partial charge in [0.25, 0.3) is 0 Å². The van der Waals surface area contributed by atoms with Crippen LogP contribution in [0.15, 0.2) is 29.6 Å². The summed E-state index contributed by atoms with van der Waals surface area (Å²) in [7, 11) is 0. The van der Waals surface area contributed by atoms with E-state index in [1.54, 1.807) is 12.1 Å². The van der Waals surface area contributed by atoms with Crippen LogP contribution in [0.5, 0.6) is 0 Å². The average molecular weight is 237 g/mol. The van der Waals surface area contributed by atoms with Gasteiger partial charge in [-0.05, 0) is 24.6 Å². The van der Waals surface area contributed by atoms with E-state index in [0.29, 0.717) is 11.4 Å². The molecule has 2 nitrogen and oxygen atoms in total. The number of aryl methyl sites for hydroxylation is 1. The van der Waals surface area contributed by atoms with Crippen LogP contribution < -0.4 is 0 Å². The van der Waals surface area contributed by atoms with Crippen molar-refractivity contribution in [2.24, 2.45) is 0 Å². The lowest BCUT2D eigenvalue weighted by molar-refractivity contribution is 0.178. The molecule has 1 heterocycles. The minimum absolute atomic E-state index is 0.261. The molecule has 0 saturated carbocycles. The van der Waals surface area contributed by atoms with Crippen molar-refractivity contribution in [1.29, 1.82) is 0 Å². The molecule has 1 aromatic carbocycles. The van der Waals surface area contributed by atoms with Crippen LogP contribution in [0.3, 0.4) is 0 Å². The first-order valence-corrected chi connectivity index (χ1v) is 5.87. The molecule has 16 heavy (non-hydrogen) atoms. The van der Waals surface area contributed by atoms with E-state index in [9.17, 15) is 9.50 Å². The van der Waals surface area contributed by atoms with E-state index >= 15 is 0 Å². The Morgan fingerprint density at radius 1 is 1.38 bits per heavy atom. The van der Waals surface area contributed by atoms with Gasteiger partial charge in [-0.2, -0.15) is 0 Å². The topological polar surface area (TPSA) is 33.1 Å². The van der Waals surface area contributed by atoms with E-state index < -0.39 is 6.10 Å². The van der Waals surface area contributed by atoms with Gasteiger partial charge in [0.05, 0.1) is 0 Å². The van der Waals surface area contributed by atoms with Crippen LogP contribution >= 0.6 is 11.3 Å². The number of nitrogens with zero attached hydrogens (tertiary/aromatic N) is 1. The summed E-state index contributed by atoms with van der Waals surface area (Å²) in [6.45, 7) is 1.89. The monoisotopic (exact) mass is 237 g/mol. The quantitative estimate of drug-likeness (QED) is 0.890. The predicted molar refractivity (Wildman–Crippen MR) is 61.9 cm³/mol. The van der Waals surface area contributed by atoms with E-state index in [1.165, 1.54) is 23.5 Å². The fourth-order valence-corrected chi connectivity index (χ4v) is 2.24. The second-order valence-electron chi connectivity index (χ2n) is 3.67. The van der Waals surface area contributed by atoms with Crippen molar-refractivity contribution >= 4 is 11.3 Å². The Balaban J connectivity index is 2.07. The molecule has 0 aliphatic heterocycles. The van der Waals surface area contributed by atoms with Gasteiger partial charge in [0.15, 0.2) is 0 Å². The van der Waals surface area contributed by atoms with Gasteiger partial charge < -0.3 is 5.11 Å². The Morgan fingerprint density at radius 2 is 2.06 bits per heavy atom. The first-order chi connectivity index (χ1) is 7.65. The SMILES string of the molecule is Cc1csc(C(O)Cc2ccc(F)cc2)n1. The zero-order valence-electron chi connectivity index (χ0n) is 8.85. The summed E-state index contributed by atoms with van der Waals surface area (Å²) < 4.78 is 12.7. The van der Waals surface area contributed by atoms with Crippen molar-refractivity contribution in [2.75, 3.05) is 0 Å². The number of aliphatic hydroxyl groups excluding tert-OH is 1. The molecule has 0 aliphatic rings. The summed E-state index contributed by atoms with van der Waals surface area (Å²) >= 11 is 1.44. The second kappa shape index (κ2) is 4.72. The zero-order chi connectivity index (χ0) is 11.5. The van der Waals surface area contributed by atoms with Crippen LogP contribution in [0.4, 0.5) is 4.39 Å². The average Bonchev–Trinajstić information content (AvgIpc) is 2.68. The number of benzene rings is 1. The van der Waals surface area contributed by atoms with E-state index in [0.717, 1.165) is 11.3 Å². The van der Waals surface area contributed by atoms with Gasteiger partial charge in [0, 0.05) is 17.5 Å². The second-order valence-corrected chi connectivity index (χ2v) is 4.56. The first-order valence-electron chi connectivity index (χ1n) is 4.99. The van der Waals surface area contributed by atoms with Crippen LogP contribution in [0, 0.1) is 12.7 Å². The van der Waals surface area contributed by atoms with E-state index in [1.807, 2.05) is 12.3 Å². The molecular formula is C12H12FNOS. The minimum Gasteiger partial charge on any atom is -0.386 e. The Hall–Kier alpha value is -1.26. The van der Waals surface area contributed by atoms with Gasteiger partial charge in [-0.25, -0.2) is 9.37 Å². The van der Waals surface area contributed by atoms with Crippen LogP contribution in [-0.4, -0.2) is 10.1 Å². The van der Waals surface area contributed by atoms with Crippen LogP contribution in [0.1, 0.15) is 22.4 Å². The Labute approximate surface area is 97.4 Å². The van der Waals surface area contributed by atoms with Crippen molar-refractivity contribution < 1.29 is 9.50 Å². The number of aliphatic hydroxyl groups is 1. The molecule has 0 amide bonds. The largest absolute Gasteiger partial charge is 0.386 e. The molecule has 0 spiro atoms. The Kier molecular flexibility index (Phi) is 3.31. The summed E-state index contributed by atoms with van der Waals surface area (Å²) in [4.78, 5) is 4.22. The summed E-state index contributed by atoms with van der Waals surface area (Å²) in [5, 5.41) is 12.5. The molecule has 4 heteroatoms. The van der Waals surface area contributed by atoms with E-state index in [4.69, 9.17) is 0 Å². The maximum absolute atomic E-state index is 12.7. The standard InChI is InChI=1S/C12H12FNOS/c1-8-7-16-12(14-8)11(15)6-9-2-4-10(13)5-3-9/h2-5,7,11,15H,6H2,1H3. The van der Waals surface area contributed by atoms with Crippen molar-refractivity contribution in [3.8, 4) is 0 Å². The van der Waals surface area contributed by atoms with Crippen molar-refractivity contribution in [3.63, 3.8) is 0 Å². The molecular weight excluding hydrogens is 225 g/mol. The first kappa shape index (κ1) is 11.2. The third-order valence-corrected chi connectivity index (χ3v) is 3.33. The van der Waals surface area contributed by atoms with Crippen molar-refractivity contribution in [2.45, 2.75) is 19.4 Å². The zero-order valence-corrected chi connectivity index (χ0v) is 9.67. The number of thiazole rings is 1. The maximum atomic E-state index is 12.7. The number of hydrogen-bond acceptors (Lipinski definition) is 3. The van der Waals surface area contributed by atoms with E-state index in [-0.39, 0.29) is 5.82 Å². The molecule has 1 atom stereocenters. The van der Waals surface area contributed by atoms with Crippen molar-refractivity contribution in [3.05, 3.63) is 51.7 Å². The summed E-state index contributed by atoms with van der Waals surface area (Å²) in [6.07, 6.45) is -0.142. The lowest BCUT2D eigenvalue weighted by atomic mass is 10.1. The fraction of sp³-hybridized carbons (Fsp3) is 0.250. The summed E-state index contributed by atoms with van der Waals surface area (Å²) in [5.74, 6) is -0.261. The molecule has 84 valence electrons. The highest BCUT2D eigenvalue weighted by Crippen LogP contribution is 2.21. The Bertz CT molecular complexity index is 466. The molecule has 1 aromatic heterocycles. The number of rotatable bonds is 3. The lowest BCUT2D eigenvalue weighted by Gasteiger charge is -2.07. The van der Waals surface area contributed by atoms with Crippen LogP contribution in [0.25, 0.3) is 0 Å². The van der Waals surface area contributed by atoms with E-state index in [2.05, 4.69) is 4.98 Å². The Morgan fingerprint density at radius 3 is 2.62 bits per heavy atom. The van der Waals surface area contributed by atoms with Gasteiger partial charge >= 0.3 is 0 Å². The molecule has 1 unspecified atom stereocenters. The molecule has 1 N–H and O–H groups in total. The van der Waals surface area contributed by atoms with Gasteiger partial charge in [0.1, 0.15) is 16.9 Å². The summed E-state index contributed by atoms with van der Waals surface area (Å²) in [5.41, 5.74) is 1.82. The molecule has 2 rings (SSSR count). The number of aromatic nitrogens is 1. The molecule has 2 aromatic rings. The lowest BCUT2D eigenvalue weighted by Crippen LogP contribution is -2.01. The maximum Gasteiger partial charge on any atom is 0.123 e. The van der Waals surface area contributed by atoms with Crippen LogP contribution in [-0.2, 0) is 6.42 Å². The van der Waals surface area contributed by atoms with Gasteiger partial charge in [-0.15, -0.1) is 11.3 Å². The van der Waals surface area contributed by atoms with Gasteiger partial charge in [-0.1, -0.05) is 12.1 Å². The molecule has 0 aliphatic carbocycles. The smallest absolute Gasteiger partial charge is 0.123 e. The van der Waals surface area contributed by atoms with Gasteiger partial charge in [0.2, 0.25) is 0 Å². The van der Waals surface area contributed by atoms with Crippen LogP contribution in [0.2, 0.25) is 0 Å². The highest BCUT2D eigenvalue weighted by Gasteiger charge is 2.12. The third-order valence-electron chi connectivity index (χ3n) is 2.26. The van der Waals surface area contributed by atoms with Crippen molar-refractivity contribution in [1.82, 2.24) is 4.98 Å². The normalized spacial score (nSPS) is 12.7. The third kappa shape index (κ3) is 2.65.